The molecule has 0 bridgehead atoms. The lowest BCUT2D eigenvalue weighted by Gasteiger charge is -2.09. The molecule has 1 N–H and O–H groups in total. The molecule has 0 aliphatic carbocycles. The first-order chi connectivity index (χ1) is 7.96. The van der Waals surface area contributed by atoms with Gasteiger partial charge < -0.3 is 10.1 Å². The van der Waals surface area contributed by atoms with E-state index in [1.807, 2.05) is 6.07 Å². The molecule has 0 aromatic heterocycles. The maximum absolute atomic E-state index is 11.9. The molecule has 0 radical (unpaired) electrons. The van der Waals surface area contributed by atoms with Crippen LogP contribution in [0.15, 0.2) is 18.2 Å². The molecule has 0 aliphatic heterocycles. The Morgan fingerprint density at radius 2 is 2.12 bits per heavy atom. The fourth-order valence-corrected chi connectivity index (χ4v) is 1.30. The fourth-order valence-electron chi connectivity index (χ4n) is 1.30. The van der Waals surface area contributed by atoms with Crippen molar-refractivity contribution in [1.82, 2.24) is 5.32 Å². The van der Waals surface area contributed by atoms with Crippen molar-refractivity contribution >= 4 is 0 Å². The number of methoxy groups -OCH3 is 1. The Balaban J connectivity index is 2.65. The third kappa shape index (κ3) is 4.33. The van der Waals surface area contributed by atoms with E-state index < -0.39 is 12.7 Å². The lowest BCUT2D eigenvalue weighted by atomic mass is 10.1. The Morgan fingerprint density at radius 3 is 2.65 bits per heavy atom. The molecule has 0 fully saturated rings. The van der Waals surface area contributed by atoms with Crippen LogP contribution in [0.25, 0.3) is 0 Å². The number of alkyl halides is 3. The Hall–Kier alpha value is -1.74. The number of ether oxygens (including phenoxy) is 1. The van der Waals surface area contributed by atoms with Crippen molar-refractivity contribution in [3.63, 3.8) is 0 Å². The van der Waals surface area contributed by atoms with E-state index in [9.17, 15) is 13.2 Å². The van der Waals surface area contributed by atoms with Crippen molar-refractivity contribution in [2.24, 2.45) is 0 Å². The zero-order valence-electron chi connectivity index (χ0n) is 9.14. The Kier molecular flexibility index (Phi) is 4.35. The summed E-state index contributed by atoms with van der Waals surface area (Å²) in [5, 5.41) is 11.1. The van der Waals surface area contributed by atoms with Gasteiger partial charge in [0.15, 0.2) is 0 Å². The molecule has 0 spiro atoms. The molecule has 1 rings (SSSR count). The molecule has 92 valence electrons. The summed E-state index contributed by atoms with van der Waals surface area (Å²) in [6.45, 7) is -1.00. The number of hydrogen-bond donors (Lipinski definition) is 1. The van der Waals surface area contributed by atoms with Crippen LogP contribution >= 0.6 is 0 Å². The van der Waals surface area contributed by atoms with Gasteiger partial charge in [-0.2, -0.15) is 18.4 Å². The van der Waals surface area contributed by atoms with Crippen molar-refractivity contribution in [3.8, 4) is 11.8 Å². The quantitative estimate of drug-likeness (QED) is 0.883. The Bertz CT molecular complexity index is 424. The standard InChI is InChI=1S/C11H11F3N2O/c1-17-10-3-2-8(4-9(10)5-15)6-16-7-11(12,13)14/h2-4,16H,6-7H2,1H3. The number of benzene rings is 1. The van der Waals surface area contributed by atoms with Crippen molar-refractivity contribution < 1.29 is 17.9 Å². The summed E-state index contributed by atoms with van der Waals surface area (Å²) in [5.74, 6) is 0.409. The normalized spacial score (nSPS) is 11.0. The molecule has 0 aliphatic rings. The lowest BCUT2D eigenvalue weighted by Crippen LogP contribution is -2.28. The minimum absolute atomic E-state index is 0.0538. The van der Waals surface area contributed by atoms with Crippen LogP contribution in [-0.4, -0.2) is 19.8 Å². The molecule has 1 aromatic carbocycles. The maximum Gasteiger partial charge on any atom is 0.401 e. The number of halogens is 3. The van der Waals surface area contributed by atoms with Crippen molar-refractivity contribution in [1.29, 1.82) is 5.26 Å². The third-order valence-corrected chi connectivity index (χ3v) is 2.04. The molecular formula is C11H11F3N2O. The van der Waals surface area contributed by atoms with Crippen LogP contribution in [0.1, 0.15) is 11.1 Å². The van der Waals surface area contributed by atoms with Gasteiger partial charge in [-0.25, -0.2) is 0 Å². The van der Waals surface area contributed by atoms with Crippen molar-refractivity contribution in [2.75, 3.05) is 13.7 Å². The van der Waals surface area contributed by atoms with Gasteiger partial charge in [0.05, 0.1) is 19.2 Å². The molecule has 0 atom stereocenters. The van der Waals surface area contributed by atoms with Crippen LogP contribution < -0.4 is 10.1 Å². The van der Waals surface area contributed by atoms with E-state index in [4.69, 9.17) is 10.00 Å². The zero-order chi connectivity index (χ0) is 12.9. The van der Waals surface area contributed by atoms with E-state index in [2.05, 4.69) is 5.32 Å². The van der Waals surface area contributed by atoms with E-state index in [1.165, 1.54) is 13.2 Å². The summed E-state index contributed by atoms with van der Waals surface area (Å²) in [5.41, 5.74) is 0.908. The van der Waals surface area contributed by atoms with Gasteiger partial charge in [0.2, 0.25) is 0 Å². The molecule has 0 amide bonds. The number of hydrogen-bond acceptors (Lipinski definition) is 3. The maximum atomic E-state index is 11.9. The smallest absolute Gasteiger partial charge is 0.401 e. The molecular weight excluding hydrogens is 233 g/mol. The highest BCUT2D eigenvalue weighted by molar-refractivity contribution is 5.45. The minimum Gasteiger partial charge on any atom is -0.495 e. The largest absolute Gasteiger partial charge is 0.495 e. The van der Waals surface area contributed by atoms with Crippen molar-refractivity contribution in [3.05, 3.63) is 29.3 Å². The highest BCUT2D eigenvalue weighted by atomic mass is 19.4. The number of nitrogens with zero attached hydrogens (tertiary/aromatic N) is 1. The van der Waals surface area contributed by atoms with Gasteiger partial charge in [0, 0.05) is 6.54 Å². The van der Waals surface area contributed by atoms with Gasteiger partial charge in [-0.1, -0.05) is 6.07 Å². The van der Waals surface area contributed by atoms with E-state index in [1.54, 1.807) is 12.1 Å². The first-order valence-corrected chi connectivity index (χ1v) is 4.81. The molecule has 0 saturated heterocycles. The Morgan fingerprint density at radius 1 is 1.41 bits per heavy atom. The second-order valence-electron chi connectivity index (χ2n) is 3.37. The van der Waals surface area contributed by atoms with Crippen LogP contribution in [0.3, 0.4) is 0 Å². The van der Waals surface area contributed by atoms with Gasteiger partial charge in [-0.05, 0) is 17.7 Å². The Labute approximate surface area is 96.8 Å². The summed E-state index contributed by atoms with van der Waals surface area (Å²) < 4.78 is 40.6. The molecule has 1 aromatic rings. The van der Waals surface area contributed by atoms with Crippen LogP contribution in [0.5, 0.6) is 5.75 Å². The minimum atomic E-state index is -4.23. The van der Waals surface area contributed by atoms with Crippen LogP contribution in [-0.2, 0) is 6.54 Å². The molecule has 3 nitrogen and oxygen atoms in total. The van der Waals surface area contributed by atoms with Crippen LogP contribution in [0, 0.1) is 11.3 Å². The summed E-state index contributed by atoms with van der Waals surface area (Å²) >= 11 is 0. The molecule has 0 heterocycles. The van der Waals surface area contributed by atoms with Gasteiger partial charge in [-0.3, -0.25) is 0 Å². The average Bonchev–Trinajstić information content (AvgIpc) is 2.27. The van der Waals surface area contributed by atoms with E-state index >= 15 is 0 Å². The highest BCUT2D eigenvalue weighted by Gasteiger charge is 2.26. The van der Waals surface area contributed by atoms with Crippen LogP contribution in [0.4, 0.5) is 13.2 Å². The van der Waals surface area contributed by atoms with E-state index in [0.29, 0.717) is 16.9 Å². The van der Waals surface area contributed by atoms with Gasteiger partial charge in [0.25, 0.3) is 0 Å². The number of rotatable bonds is 4. The molecule has 0 unspecified atom stereocenters. The second-order valence-corrected chi connectivity index (χ2v) is 3.37. The van der Waals surface area contributed by atoms with Gasteiger partial charge in [-0.15, -0.1) is 0 Å². The second kappa shape index (κ2) is 5.55. The first kappa shape index (κ1) is 13.3. The summed E-state index contributed by atoms with van der Waals surface area (Å²) in [6, 6.07) is 6.59. The van der Waals surface area contributed by atoms with Crippen molar-refractivity contribution in [2.45, 2.75) is 12.7 Å². The van der Waals surface area contributed by atoms with E-state index in [-0.39, 0.29) is 6.54 Å². The molecule has 17 heavy (non-hydrogen) atoms. The van der Waals surface area contributed by atoms with E-state index in [0.717, 1.165) is 0 Å². The predicted octanol–water partition coefficient (Wildman–Crippen LogP) is 2.22. The van der Waals surface area contributed by atoms with Gasteiger partial charge >= 0.3 is 6.18 Å². The SMILES string of the molecule is COc1ccc(CNCC(F)(F)F)cc1C#N. The predicted molar refractivity (Wildman–Crippen MR) is 55.5 cm³/mol. The summed E-state index contributed by atoms with van der Waals surface area (Å²) in [7, 11) is 1.43. The third-order valence-electron chi connectivity index (χ3n) is 2.04. The number of nitriles is 1. The zero-order valence-corrected chi connectivity index (χ0v) is 9.14. The number of nitrogens with one attached hydrogen (secondary N) is 1. The average molecular weight is 244 g/mol. The van der Waals surface area contributed by atoms with Gasteiger partial charge in [0.1, 0.15) is 11.8 Å². The summed E-state index contributed by atoms with van der Waals surface area (Å²) in [6.07, 6.45) is -4.23. The fraction of sp³-hybridized carbons (Fsp3) is 0.364. The topological polar surface area (TPSA) is 45.0 Å². The highest BCUT2D eigenvalue weighted by Crippen LogP contribution is 2.19. The monoisotopic (exact) mass is 244 g/mol. The molecule has 0 saturated carbocycles. The van der Waals surface area contributed by atoms with Crippen LogP contribution in [0.2, 0.25) is 0 Å². The molecule has 6 heteroatoms. The lowest BCUT2D eigenvalue weighted by molar-refractivity contribution is -0.125. The first-order valence-electron chi connectivity index (χ1n) is 4.81. The summed E-state index contributed by atoms with van der Waals surface area (Å²) in [4.78, 5) is 0.